The number of benzene rings is 2. The number of amides is 1. The van der Waals surface area contributed by atoms with Crippen LogP contribution in [0.25, 0.3) is 21.5 Å². The predicted octanol–water partition coefficient (Wildman–Crippen LogP) is 6.27. The van der Waals surface area contributed by atoms with Gasteiger partial charge in [0.1, 0.15) is 5.52 Å². The quantitative estimate of drug-likeness (QED) is 0.364. The molecule has 5 rings (SSSR count). The molecule has 33 heavy (non-hydrogen) atoms. The predicted molar refractivity (Wildman–Crippen MR) is 133 cm³/mol. The molecule has 3 heterocycles. The summed E-state index contributed by atoms with van der Waals surface area (Å²) in [5.41, 5.74) is 5.93. The Morgan fingerprint density at radius 2 is 2.18 bits per heavy atom. The van der Waals surface area contributed by atoms with Crippen LogP contribution < -0.4 is 5.32 Å². The van der Waals surface area contributed by atoms with Gasteiger partial charge in [-0.15, -0.1) is 11.3 Å². The number of aryl methyl sites for hydroxylation is 1. The van der Waals surface area contributed by atoms with E-state index in [9.17, 15) is 4.79 Å². The lowest BCUT2D eigenvalue weighted by Gasteiger charge is -2.40. The molecule has 2 aromatic heterocycles. The Bertz CT molecular complexity index is 1290. The lowest BCUT2D eigenvalue weighted by molar-refractivity contribution is 0.0540. The van der Waals surface area contributed by atoms with Crippen LogP contribution in [0.1, 0.15) is 35.7 Å². The van der Waals surface area contributed by atoms with Gasteiger partial charge in [0.05, 0.1) is 16.4 Å². The normalized spacial score (nSPS) is 18.6. The summed E-state index contributed by atoms with van der Waals surface area (Å²) >= 11 is 7.62. The van der Waals surface area contributed by atoms with E-state index in [4.69, 9.17) is 16.0 Å². The monoisotopic (exact) mass is 480 g/mol. The zero-order valence-corrected chi connectivity index (χ0v) is 20.1. The number of oxazole rings is 1. The summed E-state index contributed by atoms with van der Waals surface area (Å²) in [5.74, 6) is 0.412. The van der Waals surface area contributed by atoms with E-state index >= 15 is 0 Å². The second kappa shape index (κ2) is 9.15. The third-order valence-corrected chi connectivity index (χ3v) is 7.33. The highest BCUT2D eigenvalue weighted by Crippen LogP contribution is 2.32. The highest BCUT2D eigenvalue weighted by atomic mass is 35.5. The van der Waals surface area contributed by atoms with Crippen LogP contribution in [0.5, 0.6) is 0 Å². The van der Waals surface area contributed by atoms with Gasteiger partial charge in [0.2, 0.25) is 0 Å². The van der Waals surface area contributed by atoms with Gasteiger partial charge in [-0.3, -0.25) is 9.78 Å². The minimum atomic E-state index is 0.0275. The molecule has 0 radical (unpaired) electrons. The van der Waals surface area contributed by atoms with Crippen molar-refractivity contribution in [1.82, 2.24) is 14.9 Å². The van der Waals surface area contributed by atoms with Crippen LogP contribution in [0.4, 0.5) is 6.01 Å². The Labute approximate surface area is 201 Å². The molecule has 1 amide bonds. The van der Waals surface area contributed by atoms with Gasteiger partial charge >= 0.3 is 0 Å². The second-order valence-corrected chi connectivity index (χ2v) is 9.93. The first-order valence-corrected chi connectivity index (χ1v) is 12.4. The molecule has 8 heteroatoms. The van der Waals surface area contributed by atoms with E-state index in [2.05, 4.69) is 22.2 Å². The third kappa shape index (κ3) is 4.48. The van der Waals surface area contributed by atoms with E-state index in [1.165, 1.54) is 0 Å². The lowest BCUT2D eigenvalue weighted by Crippen LogP contribution is -2.51. The zero-order chi connectivity index (χ0) is 22.9. The van der Waals surface area contributed by atoms with Crippen molar-refractivity contribution in [2.45, 2.75) is 32.7 Å². The molecule has 2 atom stereocenters. The number of carbonyl (C=O) groups excluding carboxylic acids is 1. The second-order valence-electron chi connectivity index (χ2n) is 8.61. The first-order chi connectivity index (χ1) is 16.0. The smallest absolute Gasteiger partial charge is 0.295 e. The molecule has 0 bridgehead atoms. The molecule has 170 valence electrons. The standard InChI is InChI=1S/C25H25ClN4O2S/c1-15-5-7-18(23-13-27-14-33-23)19(10-15)24(31)30-9-3-4-16(2)21(30)12-28-25-29-20-11-17(26)6-8-22(20)32-25/h5-8,10-11,13-14,16,21H,3-4,9,12H2,1-2H3,(H,28,29). The van der Waals surface area contributed by atoms with Gasteiger partial charge in [0.15, 0.2) is 5.58 Å². The minimum Gasteiger partial charge on any atom is -0.424 e. The van der Waals surface area contributed by atoms with Gasteiger partial charge in [-0.1, -0.05) is 36.2 Å². The molecule has 1 aliphatic heterocycles. The van der Waals surface area contributed by atoms with Crippen LogP contribution in [-0.4, -0.2) is 39.9 Å². The van der Waals surface area contributed by atoms with Crippen LogP contribution >= 0.6 is 22.9 Å². The summed E-state index contributed by atoms with van der Waals surface area (Å²) in [6, 6.07) is 11.9. The van der Waals surface area contributed by atoms with Crippen molar-refractivity contribution in [1.29, 1.82) is 0 Å². The summed E-state index contributed by atoms with van der Waals surface area (Å²) in [7, 11) is 0. The summed E-state index contributed by atoms with van der Waals surface area (Å²) in [6.07, 6.45) is 3.89. The number of aromatic nitrogens is 2. The molecule has 0 saturated carbocycles. The average molecular weight is 481 g/mol. The number of nitrogens with one attached hydrogen (secondary N) is 1. The van der Waals surface area contributed by atoms with Crippen LogP contribution in [-0.2, 0) is 0 Å². The molecule has 2 aromatic carbocycles. The van der Waals surface area contributed by atoms with Crippen LogP contribution in [0.3, 0.4) is 0 Å². The summed E-state index contributed by atoms with van der Waals surface area (Å²) in [6.45, 7) is 5.52. The molecule has 4 aromatic rings. The highest BCUT2D eigenvalue weighted by Gasteiger charge is 2.33. The van der Waals surface area contributed by atoms with Crippen LogP contribution in [0.15, 0.2) is 52.5 Å². The highest BCUT2D eigenvalue weighted by molar-refractivity contribution is 7.13. The molecule has 1 aliphatic rings. The first kappa shape index (κ1) is 21.9. The number of hydrogen-bond donors (Lipinski definition) is 1. The van der Waals surface area contributed by atoms with E-state index < -0.39 is 0 Å². The number of rotatable bonds is 5. The van der Waals surface area contributed by atoms with Crippen LogP contribution in [0, 0.1) is 12.8 Å². The van der Waals surface area contributed by atoms with Gasteiger partial charge in [0.25, 0.3) is 11.9 Å². The third-order valence-electron chi connectivity index (χ3n) is 6.29. The van der Waals surface area contributed by atoms with Crippen molar-refractivity contribution in [3.05, 3.63) is 64.3 Å². The first-order valence-electron chi connectivity index (χ1n) is 11.1. The van der Waals surface area contributed by atoms with Crippen molar-refractivity contribution in [3.63, 3.8) is 0 Å². The van der Waals surface area contributed by atoms with Crippen molar-refractivity contribution >= 4 is 46.0 Å². The summed E-state index contributed by atoms with van der Waals surface area (Å²) in [4.78, 5) is 25.6. The molecule has 6 nitrogen and oxygen atoms in total. The fourth-order valence-electron chi connectivity index (χ4n) is 4.53. The van der Waals surface area contributed by atoms with Gasteiger partial charge in [0, 0.05) is 35.4 Å². The Morgan fingerprint density at radius 3 is 3.00 bits per heavy atom. The maximum absolute atomic E-state index is 13.8. The molecule has 1 fully saturated rings. The van der Waals surface area contributed by atoms with E-state index in [1.54, 1.807) is 29.0 Å². The number of nitrogens with zero attached hydrogens (tertiary/aromatic N) is 3. The van der Waals surface area contributed by atoms with E-state index in [0.29, 0.717) is 34.6 Å². The van der Waals surface area contributed by atoms with Gasteiger partial charge in [-0.2, -0.15) is 4.98 Å². The number of carbonyl (C=O) groups is 1. The maximum Gasteiger partial charge on any atom is 0.295 e. The number of likely N-dealkylation sites (tertiary alicyclic amines) is 1. The van der Waals surface area contributed by atoms with Crippen LogP contribution in [0.2, 0.25) is 5.02 Å². The Kier molecular flexibility index (Phi) is 6.08. The van der Waals surface area contributed by atoms with Gasteiger partial charge in [-0.05, 0) is 49.9 Å². The maximum atomic E-state index is 13.8. The topological polar surface area (TPSA) is 71.3 Å². The Hall–Kier alpha value is -2.90. The fourth-order valence-corrected chi connectivity index (χ4v) is 5.36. The lowest BCUT2D eigenvalue weighted by atomic mass is 9.89. The number of halogens is 1. The van der Waals surface area contributed by atoms with Gasteiger partial charge in [-0.25, -0.2) is 0 Å². The van der Waals surface area contributed by atoms with E-state index in [-0.39, 0.29) is 11.9 Å². The fraction of sp³-hybridized carbons (Fsp3) is 0.320. The van der Waals surface area contributed by atoms with Crippen molar-refractivity contribution in [3.8, 4) is 10.4 Å². The molecule has 0 spiro atoms. The number of thiazole rings is 1. The van der Waals surface area contributed by atoms with E-state index in [0.717, 1.165) is 41.0 Å². The van der Waals surface area contributed by atoms with E-state index in [1.807, 2.05) is 42.3 Å². The van der Waals surface area contributed by atoms with Crippen molar-refractivity contribution < 1.29 is 9.21 Å². The number of anilines is 1. The zero-order valence-electron chi connectivity index (χ0n) is 18.5. The van der Waals surface area contributed by atoms with Crippen molar-refractivity contribution in [2.75, 3.05) is 18.4 Å². The largest absolute Gasteiger partial charge is 0.424 e. The van der Waals surface area contributed by atoms with Crippen molar-refractivity contribution in [2.24, 2.45) is 5.92 Å². The molecular formula is C25H25ClN4O2S. The Balaban J connectivity index is 1.40. The molecule has 1 N–H and O–H groups in total. The Morgan fingerprint density at radius 1 is 1.30 bits per heavy atom. The number of hydrogen-bond acceptors (Lipinski definition) is 6. The molecule has 2 unspecified atom stereocenters. The number of piperidine rings is 1. The SMILES string of the molecule is Cc1ccc(-c2cncs2)c(C(=O)N2CCCC(C)C2CNc2nc3cc(Cl)ccc3o2)c1. The molecular weight excluding hydrogens is 456 g/mol. The summed E-state index contributed by atoms with van der Waals surface area (Å²) < 4.78 is 5.82. The molecule has 0 aliphatic carbocycles. The number of fused-ring (bicyclic) bond motifs is 1. The van der Waals surface area contributed by atoms with Gasteiger partial charge < -0.3 is 14.6 Å². The minimum absolute atomic E-state index is 0.0275. The average Bonchev–Trinajstić information content (AvgIpc) is 3.47. The summed E-state index contributed by atoms with van der Waals surface area (Å²) in [5, 5.41) is 3.94. The molecule has 1 saturated heterocycles.